The van der Waals surface area contributed by atoms with E-state index in [0.29, 0.717) is 5.57 Å². The third-order valence-electron chi connectivity index (χ3n) is 1.53. The Labute approximate surface area is 91.5 Å². The van der Waals surface area contributed by atoms with Gasteiger partial charge in [-0.3, -0.25) is 4.79 Å². The Morgan fingerprint density at radius 3 is 2.36 bits per heavy atom. The lowest BCUT2D eigenvalue weighted by atomic mass is 10.3. The highest BCUT2D eigenvalue weighted by atomic mass is 32.2. The Hall–Kier alpha value is -0.440. The van der Waals surface area contributed by atoms with Crippen molar-refractivity contribution in [3.63, 3.8) is 0 Å². The standard InChI is InChI=1S/C11H21NOS/c1-8(2)10(13)12-9(3)7-14-11(4,5)6/h9H,1,7H2,2-6H3,(H,12,13). The first-order chi connectivity index (χ1) is 6.22. The van der Waals surface area contributed by atoms with Crippen molar-refractivity contribution in [2.75, 3.05) is 5.75 Å². The molecule has 1 amide bonds. The third kappa shape index (κ3) is 7.01. The summed E-state index contributed by atoms with van der Waals surface area (Å²) >= 11 is 1.85. The molecule has 2 nitrogen and oxygen atoms in total. The van der Waals surface area contributed by atoms with Crippen LogP contribution in [0.1, 0.15) is 34.6 Å². The fourth-order valence-electron chi connectivity index (χ4n) is 0.764. The van der Waals surface area contributed by atoms with Gasteiger partial charge in [-0.25, -0.2) is 0 Å². The van der Waals surface area contributed by atoms with Crippen molar-refractivity contribution in [3.05, 3.63) is 12.2 Å². The number of rotatable bonds is 4. The first-order valence-corrected chi connectivity index (χ1v) is 5.81. The predicted molar refractivity (Wildman–Crippen MR) is 64.6 cm³/mol. The van der Waals surface area contributed by atoms with Crippen LogP contribution in [0.15, 0.2) is 12.2 Å². The second-order valence-corrected chi connectivity index (χ2v) is 6.42. The summed E-state index contributed by atoms with van der Waals surface area (Å²) in [5, 5.41) is 2.89. The molecule has 1 unspecified atom stereocenters. The van der Waals surface area contributed by atoms with Crippen LogP contribution in [0.3, 0.4) is 0 Å². The molecular formula is C11H21NOS. The monoisotopic (exact) mass is 215 g/mol. The Kier molecular flexibility index (Phi) is 5.27. The summed E-state index contributed by atoms with van der Waals surface area (Å²) in [6, 6.07) is 0.198. The molecule has 0 heterocycles. The van der Waals surface area contributed by atoms with Crippen LogP contribution >= 0.6 is 11.8 Å². The maximum absolute atomic E-state index is 11.3. The molecule has 0 saturated carbocycles. The minimum absolute atomic E-state index is 0.0491. The molecule has 0 saturated heterocycles. The van der Waals surface area contributed by atoms with Crippen LogP contribution in [0.2, 0.25) is 0 Å². The molecule has 0 aromatic heterocycles. The van der Waals surface area contributed by atoms with Gasteiger partial charge in [0.2, 0.25) is 5.91 Å². The summed E-state index contributed by atoms with van der Waals surface area (Å²) in [5.74, 6) is 0.884. The van der Waals surface area contributed by atoms with Gasteiger partial charge in [0.1, 0.15) is 0 Å². The van der Waals surface area contributed by atoms with Crippen LogP contribution in [-0.4, -0.2) is 22.4 Å². The molecule has 0 aliphatic carbocycles. The van der Waals surface area contributed by atoms with Gasteiger partial charge < -0.3 is 5.32 Å². The van der Waals surface area contributed by atoms with Crippen LogP contribution in [0, 0.1) is 0 Å². The summed E-state index contributed by atoms with van der Waals surface area (Å²) in [6.45, 7) is 13.8. The SMILES string of the molecule is C=C(C)C(=O)NC(C)CSC(C)(C)C. The highest BCUT2D eigenvalue weighted by Gasteiger charge is 2.14. The van der Waals surface area contributed by atoms with Gasteiger partial charge in [-0.05, 0) is 13.8 Å². The Balaban J connectivity index is 3.82. The zero-order valence-corrected chi connectivity index (χ0v) is 10.6. The molecule has 0 fully saturated rings. The molecule has 3 heteroatoms. The summed E-state index contributed by atoms with van der Waals surface area (Å²) in [6.07, 6.45) is 0. The lowest BCUT2D eigenvalue weighted by Crippen LogP contribution is -2.35. The van der Waals surface area contributed by atoms with Crippen molar-refractivity contribution in [1.29, 1.82) is 0 Å². The quantitative estimate of drug-likeness (QED) is 0.730. The van der Waals surface area contributed by atoms with E-state index in [9.17, 15) is 4.79 Å². The average Bonchev–Trinajstić information content (AvgIpc) is 1.99. The van der Waals surface area contributed by atoms with Gasteiger partial charge in [-0.2, -0.15) is 11.8 Å². The maximum Gasteiger partial charge on any atom is 0.246 e. The molecule has 0 bridgehead atoms. The molecule has 0 aliphatic rings. The van der Waals surface area contributed by atoms with E-state index < -0.39 is 0 Å². The number of amides is 1. The zero-order chi connectivity index (χ0) is 11.4. The largest absolute Gasteiger partial charge is 0.349 e. The number of hydrogen-bond donors (Lipinski definition) is 1. The number of nitrogens with one attached hydrogen (secondary N) is 1. The molecule has 0 radical (unpaired) electrons. The number of carbonyl (C=O) groups excluding carboxylic acids is 1. The smallest absolute Gasteiger partial charge is 0.246 e. The van der Waals surface area contributed by atoms with Crippen molar-refractivity contribution >= 4 is 17.7 Å². The van der Waals surface area contributed by atoms with Crippen molar-refractivity contribution in [2.24, 2.45) is 0 Å². The molecule has 0 aliphatic heterocycles. The van der Waals surface area contributed by atoms with Crippen LogP contribution in [0.4, 0.5) is 0 Å². The minimum Gasteiger partial charge on any atom is -0.349 e. The van der Waals surface area contributed by atoms with E-state index >= 15 is 0 Å². The average molecular weight is 215 g/mol. The zero-order valence-electron chi connectivity index (χ0n) is 9.81. The predicted octanol–water partition coefficient (Wildman–Crippen LogP) is 2.60. The lowest BCUT2D eigenvalue weighted by molar-refractivity contribution is -0.117. The van der Waals surface area contributed by atoms with E-state index in [1.165, 1.54) is 0 Å². The topological polar surface area (TPSA) is 29.1 Å². The van der Waals surface area contributed by atoms with E-state index in [1.807, 2.05) is 18.7 Å². The van der Waals surface area contributed by atoms with Gasteiger partial charge in [-0.1, -0.05) is 27.4 Å². The summed E-state index contributed by atoms with van der Waals surface area (Å²) in [7, 11) is 0. The van der Waals surface area contributed by atoms with Gasteiger partial charge in [0, 0.05) is 22.1 Å². The van der Waals surface area contributed by atoms with E-state index in [0.717, 1.165) is 5.75 Å². The molecular weight excluding hydrogens is 194 g/mol. The first-order valence-electron chi connectivity index (χ1n) is 4.82. The summed E-state index contributed by atoms with van der Waals surface area (Å²) in [4.78, 5) is 11.3. The second-order valence-electron chi connectivity index (χ2n) is 4.58. The summed E-state index contributed by atoms with van der Waals surface area (Å²) in [5.41, 5.74) is 0.567. The lowest BCUT2D eigenvalue weighted by Gasteiger charge is -2.21. The Morgan fingerprint density at radius 1 is 1.50 bits per heavy atom. The highest BCUT2D eigenvalue weighted by Crippen LogP contribution is 2.23. The van der Waals surface area contributed by atoms with Crippen molar-refractivity contribution < 1.29 is 4.79 Å². The Morgan fingerprint density at radius 2 is 2.00 bits per heavy atom. The van der Waals surface area contributed by atoms with Crippen molar-refractivity contribution in [3.8, 4) is 0 Å². The minimum atomic E-state index is -0.0491. The van der Waals surface area contributed by atoms with Crippen LogP contribution < -0.4 is 5.32 Å². The fraction of sp³-hybridized carbons (Fsp3) is 0.727. The van der Waals surface area contributed by atoms with Gasteiger partial charge in [-0.15, -0.1) is 0 Å². The number of carbonyl (C=O) groups is 1. The van der Waals surface area contributed by atoms with Gasteiger partial charge >= 0.3 is 0 Å². The number of hydrogen-bond acceptors (Lipinski definition) is 2. The molecule has 0 rings (SSSR count). The van der Waals surface area contributed by atoms with Crippen LogP contribution in [0.25, 0.3) is 0 Å². The molecule has 0 aromatic rings. The second kappa shape index (κ2) is 5.44. The van der Waals surface area contributed by atoms with Crippen LogP contribution in [-0.2, 0) is 4.79 Å². The van der Waals surface area contributed by atoms with E-state index in [1.54, 1.807) is 6.92 Å². The maximum atomic E-state index is 11.3. The van der Waals surface area contributed by atoms with Crippen LogP contribution in [0.5, 0.6) is 0 Å². The molecule has 82 valence electrons. The fourth-order valence-corrected chi connectivity index (χ4v) is 1.60. The Bertz CT molecular complexity index is 218. The van der Waals surface area contributed by atoms with Gasteiger partial charge in [0.25, 0.3) is 0 Å². The van der Waals surface area contributed by atoms with Crippen molar-refractivity contribution in [2.45, 2.75) is 45.4 Å². The molecule has 1 atom stereocenters. The first kappa shape index (κ1) is 13.6. The van der Waals surface area contributed by atoms with E-state index in [-0.39, 0.29) is 16.7 Å². The number of thioether (sulfide) groups is 1. The molecule has 1 N–H and O–H groups in total. The third-order valence-corrected chi connectivity index (χ3v) is 3.06. The van der Waals surface area contributed by atoms with Crippen molar-refractivity contribution in [1.82, 2.24) is 5.32 Å². The highest BCUT2D eigenvalue weighted by molar-refractivity contribution is 8.00. The normalized spacial score (nSPS) is 13.5. The van der Waals surface area contributed by atoms with E-state index in [4.69, 9.17) is 0 Å². The molecule has 0 aromatic carbocycles. The van der Waals surface area contributed by atoms with Gasteiger partial charge in [0.15, 0.2) is 0 Å². The van der Waals surface area contributed by atoms with E-state index in [2.05, 4.69) is 32.7 Å². The molecule has 0 spiro atoms. The van der Waals surface area contributed by atoms with Gasteiger partial charge in [0.05, 0.1) is 0 Å². The summed E-state index contributed by atoms with van der Waals surface area (Å²) < 4.78 is 0.252. The molecule has 14 heavy (non-hydrogen) atoms.